The van der Waals surface area contributed by atoms with Crippen LogP contribution in [-0.2, 0) is 5.60 Å². The predicted molar refractivity (Wildman–Crippen MR) is 60.7 cm³/mol. The van der Waals surface area contributed by atoms with Crippen molar-refractivity contribution in [3.8, 4) is 0 Å². The lowest BCUT2D eigenvalue weighted by Gasteiger charge is -2.22. The molecule has 0 aromatic carbocycles. The van der Waals surface area contributed by atoms with Gasteiger partial charge in [0, 0.05) is 23.8 Å². The Bertz CT molecular complexity index is 353. The van der Waals surface area contributed by atoms with Crippen LogP contribution >= 0.6 is 0 Å². The van der Waals surface area contributed by atoms with Gasteiger partial charge in [-0.2, -0.15) is 5.10 Å². The second-order valence-electron chi connectivity index (χ2n) is 4.56. The minimum Gasteiger partial charge on any atom is -0.384 e. The molecule has 0 radical (unpaired) electrons. The third-order valence-electron chi connectivity index (χ3n) is 2.75. The molecule has 1 aromatic heterocycles. The summed E-state index contributed by atoms with van der Waals surface area (Å²) in [6.45, 7) is 9.96. The molecule has 4 nitrogen and oxygen atoms in total. The van der Waals surface area contributed by atoms with Crippen LogP contribution in [0.2, 0.25) is 0 Å². The molecule has 0 spiro atoms. The Morgan fingerprint density at radius 2 is 2.00 bits per heavy atom. The number of aliphatic hydroxyl groups is 1. The van der Waals surface area contributed by atoms with Crippen LogP contribution in [0, 0.1) is 13.8 Å². The van der Waals surface area contributed by atoms with Crippen LogP contribution in [0.3, 0.4) is 0 Å². The summed E-state index contributed by atoms with van der Waals surface area (Å²) in [5.41, 5.74) is 7.31. The van der Waals surface area contributed by atoms with Gasteiger partial charge in [0.25, 0.3) is 0 Å². The highest BCUT2D eigenvalue weighted by atomic mass is 16.3. The third-order valence-corrected chi connectivity index (χ3v) is 2.75. The molecule has 0 amide bonds. The van der Waals surface area contributed by atoms with Crippen LogP contribution in [0.4, 0.5) is 0 Å². The van der Waals surface area contributed by atoms with Gasteiger partial charge in [-0.25, -0.2) is 0 Å². The summed E-state index contributed by atoms with van der Waals surface area (Å²) in [4.78, 5) is 0. The van der Waals surface area contributed by atoms with E-state index in [4.69, 9.17) is 5.73 Å². The van der Waals surface area contributed by atoms with Gasteiger partial charge in [-0.05, 0) is 34.6 Å². The van der Waals surface area contributed by atoms with Crippen molar-refractivity contribution in [3.05, 3.63) is 17.0 Å². The molecule has 4 heteroatoms. The predicted octanol–water partition coefficient (Wildman–Crippen LogP) is 1.25. The fraction of sp³-hybridized carbons (Fsp3) is 0.727. The van der Waals surface area contributed by atoms with Crippen LogP contribution in [0.1, 0.15) is 43.8 Å². The summed E-state index contributed by atoms with van der Waals surface area (Å²) in [5.74, 6) is 0. The first-order valence-electron chi connectivity index (χ1n) is 5.30. The number of hydrogen-bond acceptors (Lipinski definition) is 3. The molecule has 0 saturated carbocycles. The first-order valence-corrected chi connectivity index (χ1v) is 5.30. The quantitative estimate of drug-likeness (QED) is 0.790. The molecule has 0 bridgehead atoms. The summed E-state index contributed by atoms with van der Waals surface area (Å²) in [5, 5.41) is 14.6. The molecule has 0 aliphatic heterocycles. The first-order chi connectivity index (χ1) is 6.81. The molecular formula is C11H21N3O. The molecule has 86 valence electrons. The fourth-order valence-corrected chi connectivity index (χ4v) is 2.05. The van der Waals surface area contributed by atoms with E-state index in [-0.39, 0.29) is 6.54 Å². The van der Waals surface area contributed by atoms with Gasteiger partial charge in [0.2, 0.25) is 0 Å². The van der Waals surface area contributed by atoms with Crippen molar-refractivity contribution in [2.45, 2.75) is 46.3 Å². The summed E-state index contributed by atoms with van der Waals surface area (Å²) in [6, 6.07) is 0.297. The maximum absolute atomic E-state index is 10.2. The number of rotatable bonds is 3. The van der Waals surface area contributed by atoms with Gasteiger partial charge in [-0.15, -0.1) is 0 Å². The second-order valence-corrected chi connectivity index (χ2v) is 4.56. The standard InChI is InChI=1S/C11H21N3O/c1-7(2)14-9(4)10(8(3)13-14)11(5,15)6-12/h7,15H,6,12H2,1-5H3. The van der Waals surface area contributed by atoms with Gasteiger partial charge in [0.1, 0.15) is 5.60 Å². The average Bonchev–Trinajstić information content (AvgIpc) is 2.42. The van der Waals surface area contributed by atoms with Crippen molar-refractivity contribution in [1.82, 2.24) is 9.78 Å². The highest BCUT2D eigenvalue weighted by Gasteiger charge is 2.29. The number of hydrogen-bond donors (Lipinski definition) is 2. The number of aromatic nitrogens is 2. The van der Waals surface area contributed by atoms with Crippen molar-refractivity contribution in [3.63, 3.8) is 0 Å². The van der Waals surface area contributed by atoms with E-state index in [0.717, 1.165) is 17.0 Å². The van der Waals surface area contributed by atoms with Crippen LogP contribution in [-0.4, -0.2) is 21.4 Å². The van der Waals surface area contributed by atoms with Gasteiger partial charge in [0.15, 0.2) is 0 Å². The van der Waals surface area contributed by atoms with Gasteiger partial charge in [-0.3, -0.25) is 4.68 Å². The van der Waals surface area contributed by atoms with Crippen molar-refractivity contribution in [1.29, 1.82) is 0 Å². The van der Waals surface area contributed by atoms with Crippen molar-refractivity contribution in [2.24, 2.45) is 5.73 Å². The van der Waals surface area contributed by atoms with Gasteiger partial charge in [0.05, 0.1) is 5.69 Å². The smallest absolute Gasteiger partial charge is 0.103 e. The molecule has 1 atom stereocenters. The molecule has 1 heterocycles. The van der Waals surface area contributed by atoms with E-state index in [9.17, 15) is 5.11 Å². The highest BCUT2D eigenvalue weighted by Crippen LogP contribution is 2.27. The zero-order valence-electron chi connectivity index (χ0n) is 10.2. The first kappa shape index (κ1) is 12.2. The molecule has 3 N–H and O–H groups in total. The molecule has 0 saturated heterocycles. The monoisotopic (exact) mass is 211 g/mol. The highest BCUT2D eigenvalue weighted by molar-refractivity contribution is 5.31. The summed E-state index contributed by atoms with van der Waals surface area (Å²) in [6.07, 6.45) is 0. The maximum atomic E-state index is 10.2. The zero-order valence-corrected chi connectivity index (χ0v) is 10.2. The largest absolute Gasteiger partial charge is 0.384 e. The lowest BCUT2D eigenvalue weighted by Crippen LogP contribution is -2.32. The van der Waals surface area contributed by atoms with Gasteiger partial charge in [-0.1, -0.05) is 0 Å². The van der Waals surface area contributed by atoms with Crippen LogP contribution in [0.5, 0.6) is 0 Å². The Labute approximate surface area is 91.1 Å². The maximum Gasteiger partial charge on any atom is 0.103 e. The third kappa shape index (κ3) is 2.06. The minimum atomic E-state index is -0.985. The number of nitrogens with two attached hydrogens (primary N) is 1. The lowest BCUT2D eigenvalue weighted by molar-refractivity contribution is 0.0653. The number of aryl methyl sites for hydroxylation is 1. The molecule has 15 heavy (non-hydrogen) atoms. The Hall–Kier alpha value is -0.870. The molecule has 1 unspecified atom stereocenters. The van der Waals surface area contributed by atoms with E-state index in [2.05, 4.69) is 18.9 Å². The lowest BCUT2D eigenvalue weighted by atomic mass is 9.94. The summed E-state index contributed by atoms with van der Waals surface area (Å²) >= 11 is 0. The normalized spacial score (nSPS) is 15.7. The fourth-order valence-electron chi connectivity index (χ4n) is 2.05. The molecular weight excluding hydrogens is 190 g/mol. The SMILES string of the molecule is Cc1nn(C(C)C)c(C)c1C(C)(O)CN. The van der Waals surface area contributed by atoms with Crippen molar-refractivity contribution in [2.75, 3.05) is 6.54 Å². The van der Waals surface area contributed by atoms with E-state index >= 15 is 0 Å². The van der Waals surface area contributed by atoms with Crippen LogP contribution < -0.4 is 5.73 Å². The van der Waals surface area contributed by atoms with Crippen LogP contribution in [0.25, 0.3) is 0 Å². The summed E-state index contributed by atoms with van der Waals surface area (Å²) < 4.78 is 1.93. The Morgan fingerprint density at radius 1 is 1.47 bits per heavy atom. The number of nitrogens with zero attached hydrogens (tertiary/aromatic N) is 2. The average molecular weight is 211 g/mol. The Kier molecular flexibility index (Phi) is 3.21. The van der Waals surface area contributed by atoms with Crippen LogP contribution in [0.15, 0.2) is 0 Å². The van der Waals surface area contributed by atoms with E-state index in [1.54, 1.807) is 6.92 Å². The Balaban J connectivity index is 3.31. The molecule has 1 aromatic rings. The van der Waals surface area contributed by atoms with E-state index < -0.39 is 5.60 Å². The van der Waals surface area contributed by atoms with E-state index in [0.29, 0.717) is 6.04 Å². The zero-order chi connectivity index (χ0) is 11.8. The second kappa shape index (κ2) is 3.94. The topological polar surface area (TPSA) is 64.1 Å². The molecule has 0 fully saturated rings. The van der Waals surface area contributed by atoms with Gasteiger partial charge < -0.3 is 10.8 Å². The molecule has 1 rings (SSSR count). The molecule has 0 aliphatic carbocycles. The Morgan fingerprint density at radius 3 is 2.33 bits per heavy atom. The minimum absolute atomic E-state index is 0.207. The van der Waals surface area contributed by atoms with Crippen molar-refractivity contribution < 1.29 is 5.11 Å². The molecule has 0 aliphatic rings. The van der Waals surface area contributed by atoms with E-state index in [1.165, 1.54) is 0 Å². The van der Waals surface area contributed by atoms with Crippen molar-refractivity contribution >= 4 is 0 Å². The van der Waals surface area contributed by atoms with E-state index in [1.807, 2.05) is 18.5 Å². The summed E-state index contributed by atoms with van der Waals surface area (Å²) in [7, 11) is 0. The van der Waals surface area contributed by atoms with Gasteiger partial charge >= 0.3 is 0 Å².